The zero-order valence-corrected chi connectivity index (χ0v) is 8.71. The molecule has 0 saturated heterocycles. The van der Waals surface area contributed by atoms with Crippen molar-refractivity contribution in [3.8, 4) is 5.75 Å². The third-order valence-electron chi connectivity index (χ3n) is 2.79. The van der Waals surface area contributed by atoms with Crippen molar-refractivity contribution in [1.82, 2.24) is 0 Å². The van der Waals surface area contributed by atoms with Crippen LogP contribution >= 0.6 is 0 Å². The molecule has 3 nitrogen and oxygen atoms in total. The molecule has 0 aliphatic heterocycles. The molecule has 0 atom stereocenters. The van der Waals surface area contributed by atoms with Crippen LogP contribution in [0.4, 0.5) is 0 Å². The summed E-state index contributed by atoms with van der Waals surface area (Å²) >= 11 is 0. The van der Waals surface area contributed by atoms with Crippen molar-refractivity contribution >= 4 is 9.84 Å². The Bertz CT molecular complexity index is 458. The zero-order chi connectivity index (χ0) is 10.4. The Labute approximate surface area is 83.3 Å². The predicted octanol–water partition coefficient (Wildman–Crippen LogP) is 1.43. The van der Waals surface area contributed by atoms with Crippen LogP contribution in [0.15, 0.2) is 24.3 Å². The van der Waals surface area contributed by atoms with Crippen molar-refractivity contribution in [3.63, 3.8) is 0 Å². The minimum atomic E-state index is -3.07. The van der Waals surface area contributed by atoms with Gasteiger partial charge in [-0.1, -0.05) is 12.1 Å². The van der Waals surface area contributed by atoms with Gasteiger partial charge in [0, 0.05) is 6.26 Å². The van der Waals surface area contributed by atoms with Crippen LogP contribution in [0.25, 0.3) is 0 Å². The Morgan fingerprint density at radius 1 is 1.36 bits per heavy atom. The first-order valence-corrected chi connectivity index (χ1v) is 6.34. The lowest BCUT2D eigenvalue weighted by Crippen LogP contribution is -2.18. The summed E-state index contributed by atoms with van der Waals surface area (Å²) in [6, 6.07) is 6.51. The van der Waals surface area contributed by atoms with Crippen molar-refractivity contribution in [2.24, 2.45) is 0 Å². The molecular weight excluding hydrogens is 200 g/mol. The molecule has 0 heterocycles. The standard InChI is InChI=1S/C10H12O3S/c1-14(12,13)10(5-6-10)8-3-2-4-9(11)7-8/h2-4,7,11H,5-6H2,1H3. The third kappa shape index (κ3) is 1.30. The number of aromatic hydroxyl groups is 1. The molecule has 1 aromatic carbocycles. The molecule has 1 aliphatic rings. The topological polar surface area (TPSA) is 54.4 Å². The van der Waals surface area contributed by atoms with Gasteiger partial charge in [0.1, 0.15) is 5.75 Å². The molecule has 4 heteroatoms. The van der Waals surface area contributed by atoms with E-state index < -0.39 is 14.6 Å². The van der Waals surface area contributed by atoms with Crippen molar-refractivity contribution in [3.05, 3.63) is 29.8 Å². The summed E-state index contributed by atoms with van der Waals surface area (Å²) in [5.74, 6) is 0.123. The number of rotatable bonds is 2. The third-order valence-corrected chi connectivity index (χ3v) is 4.85. The van der Waals surface area contributed by atoms with Crippen molar-refractivity contribution in [2.75, 3.05) is 6.26 Å². The van der Waals surface area contributed by atoms with Gasteiger partial charge in [0.25, 0.3) is 0 Å². The molecular formula is C10H12O3S. The predicted molar refractivity (Wildman–Crippen MR) is 53.9 cm³/mol. The summed E-state index contributed by atoms with van der Waals surface area (Å²) in [6.07, 6.45) is 2.58. The molecule has 0 amide bonds. The molecule has 1 saturated carbocycles. The van der Waals surface area contributed by atoms with E-state index in [1.165, 1.54) is 12.3 Å². The van der Waals surface area contributed by atoms with Gasteiger partial charge in [0.15, 0.2) is 9.84 Å². The highest BCUT2D eigenvalue weighted by atomic mass is 32.2. The van der Waals surface area contributed by atoms with Crippen molar-refractivity contribution < 1.29 is 13.5 Å². The van der Waals surface area contributed by atoms with Crippen molar-refractivity contribution in [2.45, 2.75) is 17.6 Å². The molecule has 1 N–H and O–H groups in total. The second kappa shape index (κ2) is 2.73. The largest absolute Gasteiger partial charge is 0.508 e. The number of phenols is 1. The van der Waals surface area contributed by atoms with E-state index >= 15 is 0 Å². The minimum absolute atomic E-state index is 0.123. The lowest BCUT2D eigenvalue weighted by Gasteiger charge is -2.13. The first-order chi connectivity index (χ1) is 6.46. The van der Waals surface area contributed by atoms with Crippen LogP contribution in [0.5, 0.6) is 5.75 Å². The van der Waals surface area contributed by atoms with Crippen LogP contribution < -0.4 is 0 Å². The van der Waals surface area contributed by atoms with Gasteiger partial charge in [-0.2, -0.15) is 0 Å². The maximum absolute atomic E-state index is 11.5. The zero-order valence-electron chi connectivity index (χ0n) is 7.90. The first-order valence-electron chi connectivity index (χ1n) is 4.45. The van der Waals surface area contributed by atoms with Crippen LogP contribution in [-0.2, 0) is 14.6 Å². The Hall–Kier alpha value is -1.03. The SMILES string of the molecule is CS(=O)(=O)C1(c2cccc(O)c2)CC1. The smallest absolute Gasteiger partial charge is 0.157 e. The molecule has 0 spiro atoms. The van der Waals surface area contributed by atoms with Crippen LogP contribution in [-0.4, -0.2) is 19.8 Å². The van der Waals surface area contributed by atoms with E-state index in [1.807, 2.05) is 0 Å². The maximum atomic E-state index is 11.5. The number of hydrogen-bond acceptors (Lipinski definition) is 3. The second-order valence-corrected chi connectivity index (χ2v) is 6.14. The van der Waals surface area contributed by atoms with Gasteiger partial charge < -0.3 is 5.11 Å². The molecule has 0 unspecified atom stereocenters. The average Bonchev–Trinajstić information content (AvgIpc) is 2.82. The monoisotopic (exact) mass is 212 g/mol. The molecule has 1 aliphatic carbocycles. The van der Waals surface area contributed by atoms with E-state index in [9.17, 15) is 13.5 Å². The molecule has 1 fully saturated rings. The fourth-order valence-corrected chi connectivity index (χ4v) is 3.18. The van der Waals surface area contributed by atoms with Gasteiger partial charge in [0.2, 0.25) is 0 Å². The number of phenolic OH excluding ortho intramolecular Hbond substituents is 1. The van der Waals surface area contributed by atoms with Crippen LogP contribution in [0.1, 0.15) is 18.4 Å². The number of sulfone groups is 1. The van der Waals surface area contributed by atoms with Gasteiger partial charge >= 0.3 is 0 Å². The molecule has 0 aromatic heterocycles. The van der Waals surface area contributed by atoms with Gasteiger partial charge in [0.05, 0.1) is 4.75 Å². The summed E-state index contributed by atoms with van der Waals surface area (Å²) in [4.78, 5) is 0. The molecule has 1 aromatic rings. The highest BCUT2D eigenvalue weighted by Crippen LogP contribution is 2.52. The molecule has 14 heavy (non-hydrogen) atoms. The van der Waals surface area contributed by atoms with Crippen LogP contribution in [0, 0.1) is 0 Å². The highest BCUT2D eigenvalue weighted by molar-refractivity contribution is 7.92. The Morgan fingerprint density at radius 3 is 2.43 bits per heavy atom. The normalized spacial score (nSPS) is 19.2. The van der Waals surface area contributed by atoms with Gasteiger partial charge in [-0.25, -0.2) is 8.42 Å². The van der Waals surface area contributed by atoms with E-state index in [-0.39, 0.29) is 5.75 Å². The fraction of sp³-hybridized carbons (Fsp3) is 0.400. The van der Waals surface area contributed by atoms with E-state index in [2.05, 4.69) is 0 Å². The molecule has 0 bridgehead atoms. The highest BCUT2D eigenvalue weighted by Gasteiger charge is 2.53. The van der Waals surface area contributed by atoms with Gasteiger partial charge in [-0.3, -0.25) is 0 Å². The van der Waals surface area contributed by atoms with E-state index in [0.717, 1.165) is 0 Å². The lowest BCUT2D eigenvalue weighted by atomic mass is 10.1. The molecule has 76 valence electrons. The summed E-state index contributed by atoms with van der Waals surface area (Å²) in [7, 11) is -3.07. The Balaban J connectivity index is 2.51. The number of hydrogen-bond donors (Lipinski definition) is 1. The van der Waals surface area contributed by atoms with E-state index in [4.69, 9.17) is 0 Å². The summed E-state index contributed by atoms with van der Waals surface area (Å²) in [5.41, 5.74) is 0.708. The number of benzene rings is 1. The second-order valence-electron chi connectivity index (χ2n) is 3.82. The summed E-state index contributed by atoms with van der Waals surface area (Å²) < 4.78 is 22.4. The van der Waals surface area contributed by atoms with Gasteiger partial charge in [-0.05, 0) is 30.5 Å². The quantitative estimate of drug-likeness (QED) is 0.806. The van der Waals surface area contributed by atoms with Gasteiger partial charge in [-0.15, -0.1) is 0 Å². The summed E-state index contributed by atoms with van der Waals surface area (Å²) in [5, 5.41) is 9.28. The molecule has 0 radical (unpaired) electrons. The average molecular weight is 212 g/mol. The van der Waals surface area contributed by atoms with Crippen molar-refractivity contribution in [1.29, 1.82) is 0 Å². The molecule has 2 rings (SSSR count). The lowest BCUT2D eigenvalue weighted by molar-refractivity contribution is 0.474. The fourth-order valence-electron chi connectivity index (χ4n) is 1.78. The van der Waals surface area contributed by atoms with E-state index in [1.54, 1.807) is 18.2 Å². The first kappa shape index (κ1) is 9.52. The Kier molecular flexibility index (Phi) is 1.86. The minimum Gasteiger partial charge on any atom is -0.508 e. The Morgan fingerprint density at radius 2 is 2.00 bits per heavy atom. The van der Waals surface area contributed by atoms with Crippen LogP contribution in [0.3, 0.4) is 0 Å². The maximum Gasteiger partial charge on any atom is 0.157 e. The van der Waals surface area contributed by atoms with E-state index in [0.29, 0.717) is 18.4 Å². The summed E-state index contributed by atoms with van der Waals surface area (Å²) in [6.45, 7) is 0. The van der Waals surface area contributed by atoms with Crippen LogP contribution in [0.2, 0.25) is 0 Å².